The number of amides is 2. The molecule has 0 fully saturated rings. The van der Waals surface area contributed by atoms with Gasteiger partial charge in [0.2, 0.25) is 0 Å². The minimum Gasteiger partial charge on any atom is -0.507 e. The monoisotopic (exact) mass is 312 g/mol. The van der Waals surface area contributed by atoms with Crippen molar-refractivity contribution in [1.29, 1.82) is 0 Å². The van der Waals surface area contributed by atoms with E-state index in [-0.39, 0.29) is 17.0 Å². The summed E-state index contributed by atoms with van der Waals surface area (Å²) >= 11 is 0. The third-order valence-electron chi connectivity index (χ3n) is 2.73. The molecule has 0 saturated carbocycles. The Balaban J connectivity index is 2.02. The summed E-state index contributed by atoms with van der Waals surface area (Å²) in [6, 6.07) is 2.25. The van der Waals surface area contributed by atoms with Crippen LogP contribution < -0.4 is 10.6 Å². The second-order valence-electron chi connectivity index (χ2n) is 4.40. The summed E-state index contributed by atoms with van der Waals surface area (Å²) in [5.74, 6) is -1.96. The van der Waals surface area contributed by atoms with Crippen molar-refractivity contribution in [2.45, 2.75) is 6.04 Å². The van der Waals surface area contributed by atoms with Gasteiger partial charge in [-0.3, -0.25) is 0 Å². The van der Waals surface area contributed by atoms with Crippen LogP contribution in [0.2, 0.25) is 0 Å². The van der Waals surface area contributed by atoms with Crippen LogP contribution in [0.3, 0.4) is 0 Å². The molecule has 2 rings (SSSR count). The zero-order valence-electron chi connectivity index (χ0n) is 10.6. The van der Waals surface area contributed by atoms with Crippen molar-refractivity contribution in [2.75, 3.05) is 11.1 Å². The minimum absolute atomic E-state index is 0.160. The normalized spacial score (nSPS) is 19.1. The number of sulfone groups is 1. The first kappa shape index (κ1) is 14.9. The number of hydrogen-bond donors (Lipinski definition) is 4. The molecule has 1 aromatic rings. The van der Waals surface area contributed by atoms with Crippen molar-refractivity contribution in [3.05, 3.63) is 35.2 Å². The zero-order chi connectivity index (χ0) is 15.6. The van der Waals surface area contributed by atoms with E-state index < -0.39 is 33.6 Å². The van der Waals surface area contributed by atoms with E-state index in [9.17, 15) is 23.1 Å². The maximum Gasteiger partial charge on any atom is 0.339 e. The van der Waals surface area contributed by atoms with Crippen molar-refractivity contribution in [3.63, 3.8) is 0 Å². The Hall–Kier alpha value is -2.55. The number of carbonyl (C=O) groups excluding carboxylic acids is 1. The molecule has 112 valence electrons. The maximum absolute atomic E-state index is 11.7. The van der Waals surface area contributed by atoms with Gasteiger partial charge in [-0.05, 0) is 24.3 Å². The maximum atomic E-state index is 11.7. The lowest BCUT2D eigenvalue weighted by molar-refractivity contribution is 0.0693. The number of phenols is 1. The Morgan fingerprint density at radius 3 is 2.57 bits per heavy atom. The minimum atomic E-state index is -3.27. The summed E-state index contributed by atoms with van der Waals surface area (Å²) in [4.78, 5) is 22.5. The molecule has 4 N–H and O–H groups in total. The number of aromatic hydroxyl groups is 1. The molecule has 0 radical (unpaired) electrons. The van der Waals surface area contributed by atoms with Crippen LogP contribution in [-0.4, -0.2) is 42.4 Å². The largest absolute Gasteiger partial charge is 0.507 e. The SMILES string of the molecule is O=C(Nc1ccc(O)c(C(=O)O)c1)NC1C=CS(=O)(=O)C1. The molecule has 0 saturated heterocycles. The lowest BCUT2D eigenvalue weighted by atomic mass is 10.2. The molecular formula is C12H12N2O6S. The first-order valence-electron chi connectivity index (χ1n) is 5.81. The lowest BCUT2D eigenvalue weighted by Gasteiger charge is -2.12. The lowest BCUT2D eigenvalue weighted by Crippen LogP contribution is -2.38. The van der Waals surface area contributed by atoms with Crippen molar-refractivity contribution in [2.24, 2.45) is 0 Å². The molecule has 9 heteroatoms. The predicted octanol–water partition coefficient (Wildman–Crippen LogP) is 0.523. The van der Waals surface area contributed by atoms with Crippen LogP contribution in [0.15, 0.2) is 29.7 Å². The van der Waals surface area contributed by atoms with Crippen molar-refractivity contribution in [3.8, 4) is 5.75 Å². The van der Waals surface area contributed by atoms with Gasteiger partial charge < -0.3 is 20.8 Å². The fourth-order valence-corrected chi connectivity index (χ4v) is 3.02. The molecule has 1 aromatic carbocycles. The van der Waals surface area contributed by atoms with Gasteiger partial charge in [-0.25, -0.2) is 18.0 Å². The van der Waals surface area contributed by atoms with Crippen LogP contribution in [0, 0.1) is 0 Å². The highest BCUT2D eigenvalue weighted by Crippen LogP contribution is 2.21. The number of benzene rings is 1. The first-order valence-corrected chi connectivity index (χ1v) is 7.53. The number of nitrogens with one attached hydrogen (secondary N) is 2. The van der Waals surface area contributed by atoms with Gasteiger partial charge in [0, 0.05) is 11.1 Å². The summed E-state index contributed by atoms with van der Waals surface area (Å²) < 4.78 is 22.4. The first-order chi connectivity index (χ1) is 9.77. The van der Waals surface area contributed by atoms with E-state index in [2.05, 4.69) is 10.6 Å². The molecule has 8 nitrogen and oxygen atoms in total. The number of anilines is 1. The number of rotatable bonds is 3. The Morgan fingerprint density at radius 2 is 2.00 bits per heavy atom. The highest BCUT2D eigenvalue weighted by molar-refractivity contribution is 7.94. The Labute approximate surface area is 120 Å². The van der Waals surface area contributed by atoms with Crippen LogP contribution in [0.25, 0.3) is 0 Å². The van der Waals surface area contributed by atoms with Gasteiger partial charge in [-0.2, -0.15) is 0 Å². The van der Waals surface area contributed by atoms with Gasteiger partial charge in [-0.1, -0.05) is 0 Å². The van der Waals surface area contributed by atoms with E-state index in [4.69, 9.17) is 5.11 Å². The molecule has 1 heterocycles. The van der Waals surface area contributed by atoms with Crippen LogP contribution >= 0.6 is 0 Å². The van der Waals surface area contributed by atoms with Gasteiger partial charge in [0.25, 0.3) is 0 Å². The fourth-order valence-electron chi connectivity index (χ4n) is 1.79. The second kappa shape index (κ2) is 5.44. The van der Waals surface area contributed by atoms with Gasteiger partial charge >= 0.3 is 12.0 Å². The van der Waals surface area contributed by atoms with Crippen LogP contribution in [0.4, 0.5) is 10.5 Å². The number of urea groups is 1. The van der Waals surface area contributed by atoms with Crippen molar-refractivity contribution in [1.82, 2.24) is 5.32 Å². The third-order valence-corrected chi connectivity index (χ3v) is 4.13. The Kier molecular flexibility index (Phi) is 3.85. The van der Waals surface area contributed by atoms with Gasteiger partial charge in [0.15, 0.2) is 9.84 Å². The molecule has 0 bridgehead atoms. The Morgan fingerprint density at radius 1 is 1.29 bits per heavy atom. The number of carboxylic acids is 1. The predicted molar refractivity (Wildman–Crippen MR) is 73.9 cm³/mol. The molecule has 21 heavy (non-hydrogen) atoms. The van der Waals surface area contributed by atoms with Crippen molar-refractivity contribution >= 4 is 27.5 Å². The summed E-state index contributed by atoms with van der Waals surface area (Å²) in [5, 5.41) is 24.0. The third kappa shape index (κ3) is 3.72. The average molecular weight is 312 g/mol. The van der Waals surface area contributed by atoms with Crippen molar-refractivity contribution < 1.29 is 28.2 Å². The topological polar surface area (TPSA) is 133 Å². The average Bonchev–Trinajstić information content (AvgIpc) is 2.70. The molecule has 2 amide bonds. The standard InChI is InChI=1S/C12H12N2O6S/c15-10-2-1-7(5-9(10)11(16)17)13-12(18)14-8-3-4-21(19,20)6-8/h1-5,8,15H,6H2,(H,16,17)(H2,13,14,18). The smallest absolute Gasteiger partial charge is 0.339 e. The van der Waals surface area contributed by atoms with Crippen LogP contribution in [0.1, 0.15) is 10.4 Å². The molecule has 0 aromatic heterocycles. The van der Waals surface area contributed by atoms with E-state index in [1.54, 1.807) is 0 Å². The summed E-state index contributed by atoms with van der Waals surface area (Å²) in [6.07, 6.45) is 1.36. The number of hydrogen-bond acceptors (Lipinski definition) is 5. The fraction of sp³-hybridized carbons (Fsp3) is 0.167. The molecule has 1 atom stereocenters. The van der Waals surface area contributed by atoms with Crippen LogP contribution in [-0.2, 0) is 9.84 Å². The van der Waals surface area contributed by atoms with Crippen LogP contribution in [0.5, 0.6) is 5.75 Å². The number of carbonyl (C=O) groups is 2. The quantitative estimate of drug-likeness (QED) is 0.601. The molecule has 0 spiro atoms. The summed E-state index contributed by atoms with van der Waals surface area (Å²) in [7, 11) is -3.27. The molecule has 0 aliphatic carbocycles. The van der Waals surface area contributed by atoms with E-state index in [0.29, 0.717) is 0 Å². The van der Waals surface area contributed by atoms with Gasteiger partial charge in [0.1, 0.15) is 11.3 Å². The van der Waals surface area contributed by atoms with E-state index in [1.807, 2.05) is 0 Å². The van der Waals surface area contributed by atoms with Gasteiger partial charge in [0.05, 0.1) is 11.8 Å². The summed E-state index contributed by atoms with van der Waals surface area (Å²) in [5.41, 5.74) is -0.191. The molecule has 1 aliphatic rings. The highest BCUT2D eigenvalue weighted by atomic mass is 32.2. The zero-order valence-corrected chi connectivity index (χ0v) is 11.4. The van der Waals surface area contributed by atoms with E-state index in [0.717, 1.165) is 17.5 Å². The number of carboxylic acid groups (broad SMARTS) is 1. The van der Waals surface area contributed by atoms with Gasteiger partial charge in [-0.15, -0.1) is 0 Å². The molecular weight excluding hydrogens is 300 g/mol. The Bertz CT molecular complexity index is 725. The number of aromatic carboxylic acids is 1. The van der Waals surface area contributed by atoms with E-state index >= 15 is 0 Å². The summed E-state index contributed by atoms with van der Waals surface area (Å²) in [6.45, 7) is 0. The molecule has 1 aliphatic heterocycles. The van der Waals surface area contributed by atoms with E-state index in [1.165, 1.54) is 12.1 Å². The second-order valence-corrected chi connectivity index (χ2v) is 6.33. The molecule has 1 unspecified atom stereocenters. The highest BCUT2D eigenvalue weighted by Gasteiger charge is 2.23.